The lowest BCUT2D eigenvalue weighted by atomic mass is 10.3. The van der Waals surface area contributed by atoms with Crippen LogP contribution in [0.5, 0.6) is 0 Å². The molecular formula is C11H12IN3O. The van der Waals surface area contributed by atoms with E-state index in [0.717, 1.165) is 20.8 Å². The predicted octanol–water partition coefficient (Wildman–Crippen LogP) is 3.00. The lowest BCUT2D eigenvalue weighted by molar-refractivity contribution is 0.544. The Morgan fingerprint density at radius 2 is 2.00 bits per heavy atom. The number of hydrogen-bond donors (Lipinski definition) is 1. The van der Waals surface area contributed by atoms with Crippen molar-refractivity contribution in [2.75, 3.05) is 12.4 Å². The summed E-state index contributed by atoms with van der Waals surface area (Å²) in [5.74, 6) is 3.02. The van der Waals surface area contributed by atoms with Gasteiger partial charge in [-0.1, -0.05) is 0 Å². The van der Waals surface area contributed by atoms with Gasteiger partial charge in [0.25, 0.3) is 0 Å². The van der Waals surface area contributed by atoms with Crippen LogP contribution in [0.2, 0.25) is 0 Å². The van der Waals surface area contributed by atoms with Crippen molar-refractivity contribution in [1.82, 2.24) is 9.97 Å². The molecule has 0 aliphatic rings. The molecule has 0 unspecified atom stereocenters. The minimum absolute atomic E-state index is 0.621. The summed E-state index contributed by atoms with van der Waals surface area (Å²) >= 11 is 2.23. The zero-order valence-electron chi connectivity index (χ0n) is 9.34. The highest BCUT2D eigenvalue weighted by Crippen LogP contribution is 2.24. The molecule has 0 aliphatic carbocycles. The zero-order chi connectivity index (χ0) is 11.7. The summed E-state index contributed by atoms with van der Waals surface area (Å²) < 4.78 is 6.54. The van der Waals surface area contributed by atoms with Gasteiger partial charge in [0.1, 0.15) is 11.6 Å². The molecule has 0 amide bonds. The van der Waals surface area contributed by atoms with E-state index in [1.165, 1.54) is 0 Å². The van der Waals surface area contributed by atoms with E-state index in [4.69, 9.17) is 4.42 Å². The van der Waals surface area contributed by atoms with Crippen LogP contribution in [0.25, 0.3) is 11.6 Å². The molecule has 5 heteroatoms. The summed E-state index contributed by atoms with van der Waals surface area (Å²) in [6, 6.07) is 3.79. The van der Waals surface area contributed by atoms with Crippen LogP contribution in [0.4, 0.5) is 5.82 Å². The van der Waals surface area contributed by atoms with Gasteiger partial charge in [-0.25, -0.2) is 9.97 Å². The monoisotopic (exact) mass is 329 g/mol. The summed E-state index contributed by atoms with van der Waals surface area (Å²) in [6.07, 6.45) is 0. The Hall–Kier alpha value is -1.11. The highest BCUT2D eigenvalue weighted by Gasteiger charge is 2.11. The number of nitrogens with one attached hydrogen (secondary N) is 1. The molecule has 2 rings (SSSR count). The predicted molar refractivity (Wildman–Crippen MR) is 71.5 cm³/mol. The maximum atomic E-state index is 5.51. The maximum absolute atomic E-state index is 5.51. The molecule has 0 saturated heterocycles. The first-order chi connectivity index (χ1) is 7.61. The Balaban J connectivity index is 2.54. The number of hydrogen-bond acceptors (Lipinski definition) is 4. The smallest absolute Gasteiger partial charge is 0.197 e. The second-order valence-electron chi connectivity index (χ2n) is 3.46. The summed E-state index contributed by atoms with van der Waals surface area (Å²) in [6.45, 7) is 3.87. The molecule has 0 aromatic carbocycles. The lowest BCUT2D eigenvalue weighted by Crippen LogP contribution is -2.02. The van der Waals surface area contributed by atoms with Crippen molar-refractivity contribution in [3.8, 4) is 11.6 Å². The minimum atomic E-state index is 0.621. The third-order valence-corrected chi connectivity index (χ3v) is 3.51. The summed E-state index contributed by atoms with van der Waals surface area (Å²) in [4.78, 5) is 8.82. The number of nitrogens with zero attached hydrogens (tertiary/aromatic N) is 2. The highest BCUT2D eigenvalue weighted by molar-refractivity contribution is 14.1. The molecular weight excluding hydrogens is 317 g/mol. The van der Waals surface area contributed by atoms with Gasteiger partial charge in [-0.15, -0.1) is 0 Å². The first-order valence-corrected chi connectivity index (χ1v) is 5.98. The van der Waals surface area contributed by atoms with E-state index < -0.39 is 0 Å². The summed E-state index contributed by atoms with van der Waals surface area (Å²) in [5.41, 5.74) is 0.948. The molecule has 2 aromatic heterocycles. The Morgan fingerprint density at radius 3 is 2.56 bits per heavy atom. The van der Waals surface area contributed by atoms with Crippen molar-refractivity contribution >= 4 is 28.4 Å². The number of rotatable bonds is 2. The minimum Gasteiger partial charge on any atom is -0.458 e. The SMILES string of the molecule is CNc1nc(-c2ccc(C)o2)nc(C)c1I. The van der Waals surface area contributed by atoms with Crippen LogP contribution in [0, 0.1) is 17.4 Å². The first kappa shape index (κ1) is 11.4. The molecule has 2 aromatic rings. The van der Waals surface area contributed by atoms with Crippen molar-refractivity contribution in [3.63, 3.8) is 0 Å². The molecule has 0 aliphatic heterocycles. The molecule has 2 heterocycles. The van der Waals surface area contributed by atoms with E-state index in [1.807, 2.05) is 33.0 Å². The second-order valence-corrected chi connectivity index (χ2v) is 4.53. The third-order valence-electron chi connectivity index (χ3n) is 2.21. The van der Waals surface area contributed by atoms with Crippen LogP contribution in [-0.4, -0.2) is 17.0 Å². The largest absolute Gasteiger partial charge is 0.458 e. The molecule has 0 spiro atoms. The topological polar surface area (TPSA) is 51.0 Å². The number of aromatic nitrogens is 2. The fourth-order valence-corrected chi connectivity index (χ4v) is 1.90. The van der Waals surface area contributed by atoms with Crippen LogP contribution in [0.3, 0.4) is 0 Å². The molecule has 84 valence electrons. The number of aryl methyl sites for hydroxylation is 2. The van der Waals surface area contributed by atoms with Crippen molar-refractivity contribution in [1.29, 1.82) is 0 Å². The second kappa shape index (κ2) is 4.40. The van der Waals surface area contributed by atoms with Crippen LogP contribution >= 0.6 is 22.6 Å². The van der Waals surface area contributed by atoms with Crippen molar-refractivity contribution in [2.24, 2.45) is 0 Å². The number of anilines is 1. The molecule has 1 N–H and O–H groups in total. The van der Waals surface area contributed by atoms with E-state index >= 15 is 0 Å². The van der Waals surface area contributed by atoms with Crippen molar-refractivity contribution in [2.45, 2.75) is 13.8 Å². The van der Waals surface area contributed by atoms with Crippen LogP contribution < -0.4 is 5.32 Å². The average Bonchev–Trinajstić information content (AvgIpc) is 2.69. The summed E-state index contributed by atoms with van der Waals surface area (Å²) in [7, 11) is 1.85. The Labute approximate surface area is 108 Å². The quantitative estimate of drug-likeness (QED) is 0.861. The molecule has 0 bridgehead atoms. The lowest BCUT2D eigenvalue weighted by Gasteiger charge is -2.06. The highest BCUT2D eigenvalue weighted by atomic mass is 127. The molecule has 0 atom stereocenters. The van der Waals surface area contributed by atoms with E-state index in [1.54, 1.807) is 0 Å². The van der Waals surface area contributed by atoms with Crippen LogP contribution in [0.1, 0.15) is 11.5 Å². The zero-order valence-corrected chi connectivity index (χ0v) is 11.5. The van der Waals surface area contributed by atoms with Gasteiger partial charge < -0.3 is 9.73 Å². The van der Waals surface area contributed by atoms with E-state index in [2.05, 4.69) is 37.9 Å². The molecule has 0 saturated carbocycles. The number of halogens is 1. The van der Waals surface area contributed by atoms with Gasteiger partial charge >= 0.3 is 0 Å². The first-order valence-electron chi connectivity index (χ1n) is 4.90. The summed E-state index contributed by atoms with van der Waals surface area (Å²) in [5, 5.41) is 3.05. The van der Waals surface area contributed by atoms with Crippen molar-refractivity contribution < 1.29 is 4.42 Å². The fraction of sp³-hybridized carbons (Fsp3) is 0.273. The molecule has 0 fully saturated rings. The van der Waals surface area contributed by atoms with Gasteiger partial charge in [-0.2, -0.15) is 0 Å². The Bertz CT molecular complexity index is 522. The maximum Gasteiger partial charge on any atom is 0.197 e. The van der Waals surface area contributed by atoms with Gasteiger partial charge in [0.05, 0.1) is 9.26 Å². The van der Waals surface area contributed by atoms with E-state index in [0.29, 0.717) is 11.6 Å². The van der Waals surface area contributed by atoms with E-state index in [-0.39, 0.29) is 0 Å². The van der Waals surface area contributed by atoms with Crippen LogP contribution in [-0.2, 0) is 0 Å². The van der Waals surface area contributed by atoms with E-state index in [9.17, 15) is 0 Å². The van der Waals surface area contributed by atoms with Gasteiger partial charge in [0.2, 0.25) is 0 Å². The van der Waals surface area contributed by atoms with Crippen LogP contribution in [0.15, 0.2) is 16.5 Å². The fourth-order valence-electron chi connectivity index (χ4n) is 1.39. The van der Waals surface area contributed by atoms with Gasteiger partial charge in [-0.3, -0.25) is 0 Å². The van der Waals surface area contributed by atoms with Gasteiger partial charge in [0, 0.05) is 7.05 Å². The third kappa shape index (κ3) is 2.04. The molecule has 0 radical (unpaired) electrons. The van der Waals surface area contributed by atoms with Crippen molar-refractivity contribution in [3.05, 3.63) is 27.2 Å². The number of furan rings is 1. The Morgan fingerprint density at radius 1 is 1.25 bits per heavy atom. The van der Waals surface area contributed by atoms with Gasteiger partial charge in [0.15, 0.2) is 11.6 Å². The molecule has 16 heavy (non-hydrogen) atoms. The molecule has 4 nitrogen and oxygen atoms in total. The average molecular weight is 329 g/mol. The standard InChI is InChI=1S/C11H12IN3O/c1-6-4-5-8(16-6)10-14-7(2)9(12)11(13-3)15-10/h4-5H,1-3H3,(H,13,14,15). The Kier molecular flexibility index (Phi) is 3.13. The normalized spacial score (nSPS) is 10.5. The van der Waals surface area contributed by atoms with Gasteiger partial charge in [-0.05, 0) is 48.6 Å².